The predicted octanol–water partition coefficient (Wildman–Crippen LogP) is 3.87. The van der Waals surface area contributed by atoms with Gasteiger partial charge in [0.15, 0.2) is 0 Å². The second-order valence-electron chi connectivity index (χ2n) is 4.96. The first-order chi connectivity index (χ1) is 11.3. The summed E-state index contributed by atoms with van der Waals surface area (Å²) in [6.45, 7) is 1.67. The van der Waals surface area contributed by atoms with Gasteiger partial charge in [-0.3, -0.25) is 9.78 Å². The van der Waals surface area contributed by atoms with Crippen molar-refractivity contribution in [2.75, 3.05) is 0 Å². The molecular weight excluding hydrogens is 321 g/mol. The molecule has 0 aliphatic rings. The zero-order valence-electron chi connectivity index (χ0n) is 12.7. The molecule has 1 N–H and O–H groups in total. The van der Waals surface area contributed by atoms with Gasteiger partial charge in [0.05, 0.1) is 6.04 Å². The number of benzene rings is 1. The van der Waals surface area contributed by atoms with E-state index >= 15 is 0 Å². The van der Waals surface area contributed by atoms with Crippen molar-refractivity contribution in [2.45, 2.75) is 19.3 Å². The van der Waals surface area contributed by atoms with Crippen molar-refractivity contribution in [1.29, 1.82) is 0 Å². The van der Waals surface area contributed by atoms with Gasteiger partial charge in [0.25, 0.3) is 0 Å². The molecule has 1 atom stereocenters. The molecule has 0 bridgehead atoms. The molecule has 0 aliphatic carbocycles. The molecule has 2 aromatic rings. The van der Waals surface area contributed by atoms with E-state index in [1.165, 1.54) is 24.3 Å². The van der Waals surface area contributed by atoms with Gasteiger partial charge in [-0.05, 0) is 48.4 Å². The van der Waals surface area contributed by atoms with Gasteiger partial charge < -0.3 is 10.1 Å². The molecule has 126 valence electrons. The summed E-state index contributed by atoms with van der Waals surface area (Å²) in [6.07, 6.45) is 1.42. The normalized spacial score (nSPS) is 12.8. The lowest BCUT2D eigenvalue weighted by Gasteiger charge is -2.15. The number of amides is 1. The topological polar surface area (TPSA) is 51.2 Å². The molecule has 0 fully saturated rings. The van der Waals surface area contributed by atoms with E-state index in [-0.39, 0.29) is 11.7 Å². The summed E-state index contributed by atoms with van der Waals surface area (Å²) in [6, 6.07) is 8.50. The van der Waals surface area contributed by atoms with Crippen LogP contribution in [0.4, 0.5) is 13.2 Å². The second kappa shape index (κ2) is 7.63. The highest BCUT2D eigenvalue weighted by Crippen LogP contribution is 2.25. The van der Waals surface area contributed by atoms with Crippen molar-refractivity contribution in [2.24, 2.45) is 0 Å². The van der Waals surface area contributed by atoms with E-state index < -0.39 is 12.4 Å². The molecule has 1 unspecified atom stereocenters. The minimum atomic E-state index is -4.75. The number of carbonyl (C=O) groups excluding carboxylic acids is 1. The molecule has 1 aromatic carbocycles. The minimum absolute atomic E-state index is 0.326. The zero-order valence-corrected chi connectivity index (χ0v) is 12.7. The number of carbonyl (C=O) groups is 1. The second-order valence-corrected chi connectivity index (χ2v) is 4.96. The highest BCUT2D eigenvalue weighted by Gasteiger charge is 2.31. The zero-order chi connectivity index (χ0) is 17.6. The van der Waals surface area contributed by atoms with Crippen LogP contribution in [0.3, 0.4) is 0 Å². The quantitative estimate of drug-likeness (QED) is 0.843. The van der Waals surface area contributed by atoms with E-state index in [9.17, 15) is 18.0 Å². The standard InChI is InChI=1S/C17H15F3N2O2/c1-12(14-3-2-4-15(11-14)24-17(18,19)20)22-16(23)6-5-13-7-9-21-10-8-13/h2-12H,1H3,(H,22,23)/b6-5+. The molecule has 0 spiro atoms. The first-order valence-corrected chi connectivity index (χ1v) is 7.08. The Bertz CT molecular complexity index is 715. The van der Waals surface area contributed by atoms with Crippen LogP contribution in [0.15, 0.2) is 54.9 Å². The van der Waals surface area contributed by atoms with Crippen LogP contribution in [0.2, 0.25) is 0 Å². The van der Waals surface area contributed by atoms with Crippen LogP contribution in [-0.2, 0) is 4.79 Å². The maximum atomic E-state index is 12.2. The summed E-state index contributed by atoms with van der Waals surface area (Å²) in [5.74, 6) is -0.685. The number of rotatable bonds is 5. The number of halogens is 3. The van der Waals surface area contributed by atoms with Gasteiger partial charge in [-0.2, -0.15) is 0 Å². The monoisotopic (exact) mass is 336 g/mol. The molecule has 24 heavy (non-hydrogen) atoms. The van der Waals surface area contributed by atoms with E-state index in [4.69, 9.17) is 0 Å². The van der Waals surface area contributed by atoms with Crippen molar-refractivity contribution >= 4 is 12.0 Å². The molecule has 7 heteroatoms. The minimum Gasteiger partial charge on any atom is -0.406 e. The highest BCUT2D eigenvalue weighted by molar-refractivity contribution is 5.91. The lowest BCUT2D eigenvalue weighted by molar-refractivity contribution is -0.274. The Morgan fingerprint density at radius 2 is 1.96 bits per heavy atom. The van der Waals surface area contributed by atoms with Crippen molar-refractivity contribution in [1.82, 2.24) is 10.3 Å². The molecule has 0 saturated carbocycles. The first kappa shape index (κ1) is 17.5. The van der Waals surface area contributed by atoms with Crippen molar-refractivity contribution < 1.29 is 22.7 Å². The first-order valence-electron chi connectivity index (χ1n) is 7.08. The number of nitrogens with zero attached hydrogens (tertiary/aromatic N) is 1. The van der Waals surface area contributed by atoms with E-state index in [0.29, 0.717) is 5.56 Å². The van der Waals surface area contributed by atoms with Gasteiger partial charge >= 0.3 is 6.36 Å². The Morgan fingerprint density at radius 1 is 1.25 bits per heavy atom. The molecule has 2 rings (SSSR count). The summed E-state index contributed by atoms with van der Waals surface area (Å²) >= 11 is 0. The Kier molecular flexibility index (Phi) is 5.57. The van der Waals surface area contributed by atoms with Crippen LogP contribution in [0.1, 0.15) is 24.1 Å². The van der Waals surface area contributed by atoms with E-state index in [2.05, 4.69) is 15.0 Å². The molecule has 0 aliphatic heterocycles. The van der Waals surface area contributed by atoms with Gasteiger partial charge in [0, 0.05) is 18.5 Å². The fourth-order valence-corrected chi connectivity index (χ4v) is 1.97. The Morgan fingerprint density at radius 3 is 2.62 bits per heavy atom. The highest BCUT2D eigenvalue weighted by atomic mass is 19.4. The van der Waals surface area contributed by atoms with Gasteiger partial charge in [-0.15, -0.1) is 13.2 Å². The number of hydrogen-bond acceptors (Lipinski definition) is 3. The van der Waals surface area contributed by atoms with Crippen LogP contribution in [-0.4, -0.2) is 17.3 Å². The van der Waals surface area contributed by atoms with E-state index in [0.717, 1.165) is 5.56 Å². The summed E-state index contributed by atoms with van der Waals surface area (Å²) in [5, 5.41) is 2.68. The van der Waals surface area contributed by atoms with Crippen molar-refractivity contribution in [3.63, 3.8) is 0 Å². The summed E-state index contributed by atoms with van der Waals surface area (Å²) in [7, 11) is 0. The summed E-state index contributed by atoms with van der Waals surface area (Å²) < 4.78 is 40.6. The lowest BCUT2D eigenvalue weighted by Crippen LogP contribution is -2.24. The maximum Gasteiger partial charge on any atom is 0.573 e. The lowest BCUT2D eigenvalue weighted by atomic mass is 10.1. The Hall–Kier alpha value is -2.83. The molecule has 1 heterocycles. The predicted molar refractivity (Wildman–Crippen MR) is 83.0 cm³/mol. The third-order valence-corrected chi connectivity index (χ3v) is 3.08. The summed E-state index contributed by atoms with van der Waals surface area (Å²) in [5.41, 5.74) is 1.32. The summed E-state index contributed by atoms with van der Waals surface area (Å²) in [4.78, 5) is 15.8. The third-order valence-electron chi connectivity index (χ3n) is 3.08. The Labute approximate surface area is 137 Å². The number of ether oxygens (including phenoxy) is 1. The maximum absolute atomic E-state index is 12.2. The average Bonchev–Trinajstić information content (AvgIpc) is 2.52. The largest absolute Gasteiger partial charge is 0.573 e. The molecule has 1 amide bonds. The molecule has 4 nitrogen and oxygen atoms in total. The molecule has 1 aromatic heterocycles. The average molecular weight is 336 g/mol. The SMILES string of the molecule is CC(NC(=O)/C=C/c1ccncc1)c1cccc(OC(F)(F)F)c1. The van der Waals surface area contributed by atoms with Crippen molar-refractivity contribution in [3.05, 3.63) is 66.0 Å². The van der Waals surface area contributed by atoms with Crippen LogP contribution in [0.25, 0.3) is 6.08 Å². The number of pyridine rings is 1. The van der Waals surface area contributed by atoms with E-state index in [1.807, 2.05) is 0 Å². The van der Waals surface area contributed by atoms with E-state index in [1.54, 1.807) is 43.6 Å². The van der Waals surface area contributed by atoms with Gasteiger partial charge in [-0.1, -0.05) is 12.1 Å². The van der Waals surface area contributed by atoms with Gasteiger partial charge in [-0.25, -0.2) is 0 Å². The number of aromatic nitrogens is 1. The van der Waals surface area contributed by atoms with Gasteiger partial charge in [0.2, 0.25) is 5.91 Å². The number of hydrogen-bond donors (Lipinski definition) is 1. The van der Waals surface area contributed by atoms with Crippen molar-refractivity contribution in [3.8, 4) is 5.75 Å². The van der Waals surface area contributed by atoms with Crippen LogP contribution in [0, 0.1) is 0 Å². The fraction of sp³-hybridized carbons (Fsp3) is 0.176. The van der Waals surface area contributed by atoms with Crippen LogP contribution in [0.5, 0.6) is 5.75 Å². The van der Waals surface area contributed by atoms with Crippen LogP contribution < -0.4 is 10.1 Å². The molecule has 0 radical (unpaired) electrons. The Balaban J connectivity index is 1.99. The number of alkyl halides is 3. The smallest absolute Gasteiger partial charge is 0.406 e. The fourth-order valence-electron chi connectivity index (χ4n) is 1.97. The third kappa shape index (κ3) is 5.75. The van der Waals surface area contributed by atoms with Crippen LogP contribution >= 0.6 is 0 Å². The molecular formula is C17H15F3N2O2. The van der Waals surface area contributed by atoms with Gasteiger partial charge in [0.1, 0.15) is 5.75 Å². The number of nitrogens with one attached hydrogen (secondary N) is 1. The molecule has 0 saturated heterocycles.